The predicted molar refractivity (Wildman–Crippen MR) is 47.9 cm³/mol. The van der Waals surface area contributed by atoms with Crippen molar-refractivity contribution in [2.75, 3.05) is 0 Å². The summed E-state index contributed by atoms with van der Waals surface area (Å²) in [6.07, 6.45) is 0. The van der Waals surface area contributed by atoms with E-state index in [-0.39, 0.29) is 11.8 Å². The average Bonchev–Trinajstić information content (AvgIpc) is 1.96. The topological polar surface area (TPSA) is 33.1 Å². The van der Waals surface area contributed by atoms with Crippen molar-refractivity contribution in [3.05, 3.63) is 26.4 Å². The van der Waals surface area contributed by atoms with Crippen LogP contribution in [0.5, 0.6) is 0 Å². The summed E-state index contributed by atoms with van der Waals surface area (Å²) in [6.45, 7) is -0.180. The van der Waals surface area contributed by atoms with Gasteiger partial charge in [0.15, 0.2) is 0 Å². The highest BCUT2D eigenvalue weighted by molar-refractivity contribution is 9.10. The number of halogens is 3. The molecule has 0 aliphatic rings. The van der Waals surface area contributed by atoms with Gasteiger partial charge in [-0.15, -0.1) is 0 Å². The van der Waals surface area contributed by atoms with Crippen LogP contribution in [0.1, 0.15) is 5.69 Å². The molecular weight excluding hydrogens is 253 g/mol. The Labute approximate surface area is 82.3 Å². The van der Waals surface area contributed by atoms with E-state index in [1.54, 1.807) is 0 Å². The fourth-order valence-corrected chi connectivity index (χ4v) is 1.43. The lowest BCUT2D eigenvalue weighted by atomic mass is 10.4. The van der Waals surface area contributed by atoms with Gasteiger partial charge in [0, 0.05) is 0 Å². The first kappa shape index (κ1) is 9.26. The summed E-state index contributed by atoms with van der Waals surface area (Å²) in [4.78, 5) is 3.84. The molecule has 5 heteroatoms. The average molecular weight is 257 g/mol. The fraction of sp³-hybridized carbons (Fsp3) is 0.167. The third kappa shape index (κ3) is 2.06. The summed E-state index contributed by atoms with van der Waals surface area (Å²) in [5.74, 6) is 0. The summed E-state index contributed by atoms with van der Waals surface area (Å²) in [5.41, 5.74) is 0.447. The number of aliphatic hydroxyl groups is 1. The Morgan fingerprint density at radius 1 is 1.55 bits per heavy atom. The highest BCUT2D eigenvalue weighted by atomic mass is 79.9. The number of aliphatic hydroxyl groups excluding tert-OH is 1. The van der Waals surface area contributed by atoms with E-state index in [0.717, 1.165) is 0 Å². The van der Waals surface area contributed by atoms with Crippen LogP contribution in [0.25, 0.3) is 0 Å². The van der Waals surface area contributed by atoms with E-state index >= 15 is 0 Å². The van der Waals surface area contributed by atoms with Gasteiger partial charge in [-0.2, -0.15) is 0 Å². The van der Waals surface area contributed by atoms with Gasteiger partial charge in [0.05, 0.1) is 21.8 Å². The molecule has 0 fully saturated rings. The summed E-state index contributed by atoms with van der Waals surface area (Å²) in [7, 11) is 0. The zero-order chi connectivity index (χ0) is 8.43. The Hall–Kier alpha value is 0.170. The van der Waals surface area contributed by atoms with Crippen molar-refractivity contribution in [3.8, 4) is 0 Å². The van der Waals surface area contributed by atoms with Crippen molar-refractivity contribution in [1.82, 2.24) is 4.98 Å². The number of pyridine rings is 1. The molecule has 1 heterocycles. The van der Waals surface area contributed by atoms with Gasteiger partial charge in [0.2, 0.25) is 0 Å². The van der Waals surface area contributed by atoms with Crippen LogP contribution >= 0.6 is 39.1 Å². The highest BCUT2D eigenvalue weighted by Gasteiger charge is 2.06. The molecule has 0 amide bonds. The molecule has 1 aromatic heterocycles. The first-order valence-electron chi connectivity index (χ1n) is 2.76. The molecule has 11 heavy (non-hydrogen) atoms. The summed E-state index contributed by atoms with van der Waals surface area (Å²) < 4.78 is 0.589. The van der Waals surface area contributed by atoms with Crippen LogP contribution in [0.3, 0.4) is 0 Å². The molecule has 1 rings (SSSR count). The Bertz CT molecular complexity index is 280. The molecular formula is C6H4BrCl2NO. The van der Waals surface area contributed by atoms with E-state index in [1.165, 1.54) is 6.07 Å². The molecule has 0 atom stereocenters. The number of hydrogen-bond acceptors (Lipinski definition) is 2. The van der Waals surface area contributed by atoms with Crippen LogP contribution in [0.2, 0.25) is 10.2 Å². The van der Waals surface area contributed by atoms with Crippen LogP contribution in [-0.2, 0) is 6.61 Å². The maximum absolute atomic E-state index is 8.76. The summed E-state index contributed by atoms with van der Waals surface area (Å²) in [5, 5.41) is 9.49. The number of hydrogen-bond donors (Lipinski definition) is 1. The van der Waals surface area contributed by atoms with Crippen LogP contribution in [0, 0.1) is 0 Å². The van der Waals surface area contributed by atoms with Gasteiger partial charge >= 0.3 is 0 Å². The predicted octanol–water partition coefficient (Wildman–Crippen LogP) is 2.64. The fourth-order valence-electron chi connectivity index (χ4n) is 0.621. The quantitative estimate of drug-likeness (QED) is 0.784. The number of rotatable bonds is 1. The lowest BCUT2D eigenvalue weighted by Crippen LogP contribution is -1.91. The van der Waals surface area contributed by atoms with Crippen LogP contribution < -0.4 is 0 Å². The maximum Gasteiger partial charge on any atom is 0.131 e. The minimum Gasteiger partial charge on any atom is -0.390 e. The van der Waals surface area contributed by atoms with Gasteiger partial charge in [-0.25, -0.2) is 4.98 Å². The number of nitrogens with zero attached hydrogens (tertiary/aromatic N) is 1. The molecule has 2 nitrogen and oxygen atoms in total. The molecule has 60 valence electrons. The van der Waals surface area contributed by atoms with E-state index in [9.17, 15) is 0 Å². The van der Waals surface area contributed by atoms with Crippen molar-refractivity contribution in [2.24, 2.45) is 0 Å². The second-order valence-electron chi connectivity index (χ2n) is 1.85. The zero-order valence-electron chi connectivity index (χ0n) is 5.31. The lowest BCUT2D eigenvalue weighted by molar-refractivity contribution is 0.276. The largest absolute Gasteiger partial charge is 0.390 e. The van der Waals surface area contributed by atoms with Gasteiger partial charge in [-0.05, 0) is 22.0 Å². The minimum atomic E-state index is -0.180. The van der Waals surface area contributed by atoms with Crippen molar-refractivity contribution >= 4 is 39.1 Å². The van der Waals surface area contributed by atoms with E-state index in [1.807, 2.05) is 0 Å². The van der Waals surface area contributed by atoms with Crippen molar-refractivity contribution in [1.29, 1.82) is 0 Å². The van der Waals surface area contributed by atoms with E-state index in [2.05, 4.69) is 20.9 Å². The van der Waals surface area contributed by atoms with Crippen LogP contribution in [0.4, 0.5) is 0 Å². The van der Waals surface area contributed by atoms with E-state index in [0.29, 0.717) is 15.2 Å². The second kappa shape index (κ2) is 3.72. The Morgan fingerprint density at radius 2 is 2.18 bits per heavy atom. The van der Waals surface area contributed by atoms with Gasteiger partial charge in [-0.1, -0.05) is 23.2 Å². The maximum atomic E-state index is 8.76. The molecule has 0 spiro atoms. The van der Waals surface area contributed by atoms with E-state index < -0.39 is 0 Å². The second-order valence-corrected chi connectivity index (χ2v) is 3.43. The van der Waals surface area contributed by atoms with Gasteiger partial charge in [-0.3, -0.25) is 0 Å². The smallest absolute Gasteiger partial charge is 0.131 e. The monoisotopic (exact) mass is 255 g/mol. The molecule has 0 unspecified atom stereocenters. The van der Waals surface area contributed by atoms with Crippen LogP contribution in [-0.4, -0.2) is 10.1 Å². The molecule has 0 saturated heterocycles. The SMILES string of the molecule is OCc1nc(Cl)cc(Cl)c1Br. The molecule has 0 aliphatic heterocycles. The van der Waals surface area contributed by atoms with Crippen LogP contribution in [0.15, 0.2) is 10.5 Å². The molecule has 0 aromatic carbocycles. The lowest BCUT2D eigenvalue weighted by Gasteiger charge is -2.01. The minimum absolute atomic E-state index is 0.180. The normalized spacial score (nSPS) is 10.2. The Morgan fingerprint density at radius 3 is 2.73 bits per heavy atom. The van der Waals surface area contributed by atoms with Crippen molar-refractivity contribution < 1.29 is 5.11 Å². The van der Waals surface area contributed by atoms with Crippen molar-refractivity contribution in [3.63, 3.8) is 0 Å². The first-order chi connectivity index (χ1) is 5.15. The summed E-state index contributed by atoms with van der Waals surface area (Å²) >= 11 is 14.5. The number of aromatic nitrogens is 1. The first-order valence-corrected chi connectivity index (χ1v) is 4.31. The molecule has 0 radical (unpaired) electrons. The molecule has 1 N–H and O–H groups in total. The Kier molecular flexibility index (Phi) is 3.13. The third-order valence-electron chi connectivity index (χ3n) is 1.10. The zero-order valence-corrected chi connectivity index (χ0v) is 8.41. The highest BCUT2D eigenvalue weighted by Crippen LogP contribution is 2.27. The molecule has 1 aromatic rings. The van der Waals surface area contributed by atoms with Gasteiger partial charge in [0.1, 0.15) is 5.15 Å². The van der Waals surface area contributed by atoms with Crippen molar-refractivity contribution in [2.45, 2.75) is 6.61 Å². The van der Waals surface area contributed by atoms with E-state index in [4.69, 9.17) is 28.3 Å². The van der Waals surface area contributed by atoms with Gasteiger partial charge in [0.25, 0.3) is 0 Å². The van der Waals surface area contributed by atoms with Gasteiger partial charge < -0.3 is 5.11 Å². The standard InChI is InChI=1S/C6H4BrCl2NO/c7-6-3(8)1-5(9)10-4(6)2-11/h1,11H,2H2. The summed E-state index contributed by atoms with van der Waals surface area (Å²) in [6, 6.07) is 1.51. The molecule has 0 saturated carbocycles. The molecule has 0 aliphatic carbocycles. The third-order valence-corrected chi connectivity index (χ3v) is 2.71. The molecule has 0 bridgehead atoms. The Balaban J connectivity index is 3.24.